The van der Waals surface area contributed by atoms with Gasteiger partial charge in [0, 0.05) is 38.3 Å². The Morgan fingerprint density at radius 1 is 0.463 bits per heavy atom. The number of pyridine rings is 1. The van der Waals surface area contributed by atoms with Crippen LogP contribution in [0.1, 0.15) is 159 Å². The second-order valence-electron chi connectivity index (χ2n) is 12.6. The Morgan fingerprint density at radius 3 is 1.17 bits per heavy atom. The summed E-state index contributed by atoms with van der Waals surface area (Å²) in [7, 11) is 4.15. The van der Waals surface area contributed by atoms with Gasteiger partial charge in [0.05, 0.1) is 0 Å². The van der Waals surface area contributed by atoms with Crippen LogP contribution in [0.15, 0.2) is 48.8 Å². The highest BCUT2D eigenvalue weighted by Gasteiger charge is 2.01. The maximum atomic E-state index is 2.33. The number of aromatic nitrogens is 1. The van der Waals surface area contributed by atoms with Crippen LogP contribution in [0.2, 0.25) is 0 Å². The van der Waals surface area contributed by atoms with Gasteiger partial charge < -0.3 is 4.90 Å². The number of hydrogen-bond donors (Lipinski definition) is 0. The van der Waals surface area contributed by atoms with E-state index >= 15 is 0 Å². The molecule has 0 saturated heterocycles. The summed E-state index contributed by atoms with van der Waals surface area (Å²) in [5, 5.41) is 0. The van der Waals surface area contributed by atoms with Crippen LogP contribution in [0.25, 0.3) is 12.2 Å². The average molecular weight is 562 g/mol. The fraction of sp³-hybridized carbons (Fsp3) is 0.667. The number of nitrogens with zero attached hydrogens (tertiary/aromatic N) is 2. The first-order chi connectivity index (χ1) is 20.2. The second kappa shape index (κ2) is 24.5. The Morgan fingerprint density at radius 2 is 0.805 bits per heavy atom. The molecule has 1 aromatic heterocycles. The summed E-state index contributed by atoms with van der Waals surface area (Å²) in [6.07, 6.45) is 40.6. The van der Waals surface area contributed by atoms with Crippen molar-refractivity contribution in [3.63, 3.8) is 0 Å². The zero-order valence-corrected chi connectivity index (χ0v) is 27.4. The SMILES string of the molecule is CCCCCCCCCCCCCCCCCCCCCCCC[n+]1ccc(/C=C/c2ccc(N(C)C)cc2)cc1. The number of benzene rings is 1. The molecule has 0 amide bonds. The van der Waals surface area contributed by atoms with Crippen LogP contribution in [0.3, 0.4) is 0 Å². The maximum Gasteiger partial charge on any atom is 0.169 e. The van der Waals surface area contributed by atoms with E-state index in [9.17, 15) is 0 Å². The van der Waals surface area contributed by atoms with E-state index in [2.05, 4.69) is 91.4 Å². The highest BCUT2D eigenvalue weighted by atomic mass is 15.1. The van der Waals surface area contributed by atoms with Crippen LogP contribution in [0.5, 0.6) is 0 Å². The lowest BCUT2D eigenvalue weighted by atomic mass is 10.0. The van der Waals surface area contributed by atoms with Gasteiger partial charge in [0.1, 0.15) is 6.54 Å². The van der Waals surface area contributed by atoms with Crippen LogP contribution in [-0.4, -0.2) is 14.1 Å². The Hall–Kier alpha value is -2.09. The van der Waals surface area contributed by atoms with Gasteiger partial charge in [0.2, 0.25) is 0 Å². The van der Waals surface area contributed by atoms with E-state index in [1.165, 1.54) is 158 Å². The summed E-state index contributed by atoms with van der Waals surface area (Å²) in [5.74, 6) is 0. The van der Waals surface area contributed by atoms with E-state index in [-0.39, 0.29) is 0 Å². The van der Waals surface area contributed by atoms with Crippen molar-refractivity contribution in [2.45, 2.75) is 155 Å². The first-order valence-corrected chi connectivity index (χ1v) is 17.6. The van der Waals surface area contributed by atoms with Gasteiger partial charge in [-0.1, -0.05) is 160 Å². The third-order valence-corrected chi connectivity index (χ3v) is 8.56. The van der Waals surface area contributed by atoms with E-state index in [0.29, 0.717) is 0 Å². The molecule has 0 atom stereocenters. The topological polar surface area (TPSA) is 7.12 Å². The van der Waals surface area contributed by atoms with Gasteiger partial charge in [-0.05, 0) is 29.7 Å². The average Bonchev–Trinajstić information content (AvgIpc) is 2.99. The van der Waals surface area contributed by atoms with Gasteiger partial charge in [-0.15, -0.1) is 0 Å². The lowest BCUT2D eigenvalue weighted by molar-refractivity contribution is -0.697. The van der Waals surface area contributed by atoms with E-state index in [4.69, 9.17) is 0 Å². The van der Waals surface area contributed by atoms with Gasteiger partial charge in [0.15, 0.2) is 12.4 Å². The van der Waals surface area contributed by atoms with E-state index in [1.807, 2.05) is 0 Å². The minimum Gasteiger partial charge on any atom is -0.378 e. The monoisotopic (exact) mass is 562 g/mol. The predicted molar refractivity (Wildman–Crippen MR) is 184 cm³/mol. The predicted octanol–water partition coefficient (Wildman–Crippen LogP) is 11.8. The molecule has 0 aliphatic heterocycles. The summed E-state index contributed by atoms with van der Waals surface area (Å²) in [6.45, 7) is 3.44. The highest BCUT2D eigenvalue weighted by molar-refractivity contribution is 5.70. The molecule has 0 aliphatic carbocycles. The second-order valence-corrected chi connectivity index (χ2v) is 12.6. The first kappa shape index (κ1) is 35.1. The van der Waals surface area contributed by atoms with Crippen LogP contribution in [-0.2, 0) is 6.54 Å². The quantitative estimate of drug-likeness (QED) is 0.0818. The molecule has 0 fully saturated rings. The molecule has 0 N–H and O–H groups in total. The van der Waals surface area contributed by atoms with Gasteiger partial charge in [-0.2, -0.15) is 0 Å². The standard InChI is InChI=1S/C39H65N2/c1-4-5-6-7-8-9-10-11-12-13-14-15-16-17-18-19-20-21-22-23-24-25-34-41-35-32-38(33-36-41)27-26-37-28-30-39(31-29-37)40(2)3/h26-33,35-36H,4-25,34H2,1-3H3/q+1. The van der Waals surface area contributed by atoms with Gasteiger partial charge >= 0.3 is 0 Å². The summed E-state index contributed by atoms with van der Waals surface area (Å²) in [4.78, 5) is 2.13. The zero-order valence-electron chi connectivity index (χ0n) is 27.4. The molecule has 1 heterocycles. The molecule has 0 radical (unpaired) electrons. The molecule has 0 spiro atoms. The summed E-state index contributed by atoms with van der Waals surface area (Å²) in [5.41, 5.74) is 3.73. The van der Waals surface area contributed by atoms with Crippen molar-refractivity contribution in [1.29, 1.82) is 0 Å². The largest absolute Gasteiger partial charge is 0.378 e. The minimum atomic E-state index is 1.13. The first-order valence-electron chi connectivity index (χ1n) is 17.6. The van der Waals surface area contributed by atoms with Crippen LogP contribution in [0.4, 0.5) is 5.69 Å². The lowest BCUT2D eigenvalue weighted by Crippen LogP contribution is -2.32. The minimum absolute atomic E-state index is 1.13. The molecular formula is C39H65N2+. The van der Waals surface area contributed by atoms with Crippen molar-refractivity contribution >= 4 is 17.8 Å². The highest BCUT2D eigenvalue weighted by Crippen LogP contribution is 2.16. The molecular weight excluding hydrogens is 496 g/mol. The van der Waals surface area contributed by atoms with Gasteiger partial charge in [-0.25, -0.2) is 4.57 Å². The molecule has 1 aromatic carbocycles. The lowest BCUT2D eigenvalue weighted by Gasteiger charge is -2.11. The molecule has 2 aromatic rings. The van der Waals surface area contributed by atoms with Crippen molar-refractivity contribution in [3.05, 3.63) is 59.9 Å². The van der Waals surface area contributed by atoms with Crippen molar-refractivity contribution in [2.24, 2.45) is 0 Å². The van der Waals surface area contributed by atoms with Crippen molar-refractivity contribution in [1.82, 2.24) is 0 Å². The number of aryl methyl sites for hydroxylation is 1. The Labute approximate surface area is 255 Å². The number of unbranched alkanes of at least 4 members (excludes halogenated alkanes) is 21. The Kier molecular flexibility index (Phi) is 21.0. The smallest absolute Gasteiger partial charge is 0.169 e. The van der Waals surface area contributed by atoms with Gasteiger partial charge in [0.25, 0.3) is 0 Å². The van der Waals surface area contributed by atoms with Crippen molar-refractivity contribution in [3.8, 4) is 0 Å². The number of rotatable bonds is 26. The van der Waals surface area contributed by atoms with E-state index < -0.39 is 0 Å². The molecule has 2 heteroatoms. The Balaban J connectivity index is 1.33. The van der Waals surface area contributed by atoms with E-state index in [0.717, 1.165) is 6.54 Å². The van der Waals surface area contributed by atoms with Crippen molar-refractivity contribution in [2.75, 3.05) is 19.0 Å². The molecule has 0 bridgehead atoms. The molecule has 230 valence electrons. The summed E-state index contributed by atoms with van der Waals surface area (Å²) >= 11 is 0. The van der Waals surface area contributed by atoms with Crippen LogP contribution in [0, 0.1) is 0 Å². The summed E-state index contributed by atoms with van der Waals surface area (Å²) < 4.78 is 2.33. The summed E-state index contributed by atoms with van der Waals surface area (Å²) in [6, 6.07) is 13.1. The normalized spacial score (nSPS) is 11.5. The number of anilines is 1. The fourth-order valence-corrected chi connectivity index (χ4v) is 5.71. The van der Waals surface area contributed by atoms with Crippen LogP contribution < -0.4 is 9.47 Å². The molecule has 0 saturated carbocycles. The fourth-order valence-electron chi connectivity index (χ4n) is 5.71. The van der Waals surface area contributed by atoms with Crippen molar-refractivity contribution < 1.29 is 4.57 Å². The molecule has 2 nitrogen and oxygen atoms in total. The third-order valence-electron chi connectivity index (χ3n) is 8.56. The van der Waals surface area contributed by atoms with Gasteiger partial charge in [-0.3, -0.25) is 0 Å². The number of hydrogen-bond acceptors (Lipinski definition) is 1. The molecule has 0 aliphatic rings. The maximum absolute atomic E-state index is 2.33. The van der Waals surface area contributed by atoms with E-state index in [1.54, 1.807) is 0 Å². The molecule has 41 heavy (non-hydrogen) atoms. The molecule has 0 unspecified atom stereocenters. The molecule has 2 rings (SSSR count). The zero-order chi connectivity index (χ0) is 29.2. The van der Waals surface area contributed by atoms with Crippen LogP contribution >= 0.6 is 0 Å². The Bertz CT molecular complexity index is 865. The third kappa shape index (κ3) is 18.9.